The Morgan fingerprint density at radius 1 is 1.21 bits per heavy atom. The number of benzene rings is 1. The van der Waals surface area contributed by atoms with E-state index in [1.807, 2.05) is 6.07 Å². The first-order valence-electron chi connectivity index (χ1n) is 8.75. The van der Waals surface area contributed by atoms with E-state index in [9.17, 15) is 14.4 Å². The first-order chi connectivity index (χ1) is 13.5. The van der Waals surface area contributed by atoms with Crippen LogP contribution < -0.4 is 15.4 Å². The molecule has 28 heavy (non-hydrogen) atoms. The predicted octanol–water partition coefficient (Wildman–Crippen LogP) is 1.39. The molecule has 1 aromatic carbocycles. The van der Waals surface area contributed by atoms with Crippen LogP contribution in [-0.2, 0) is 19.1 Å². The van der Waals surface area contributed by atoms with Gasteiger partial charge in [0.25, 0.3) is 0 Å². The van der Waals surface area contributed by atoms with Crippen molar-refractivity contribution in [1.29, 1.82) is 5.26 Å². The number of urea groups is 1. The quantitative estimate of drug-likeness (QED) is 0.645. The van der Waals surface area contributed by atoms with Crippen molar-refractivity contribution in [3.8, 4) is 11.8 Å². The summed E-state index contributed by atoms with van der Waals surface area (Å²) < 4.78 is 15.5. The Kier molecular flexibility index (Phi) is 7.39. The van der Waals surface area contributed by atoms with Crippen LogP contribution >= 0.6 is 0 Å². The monoisotopic (exact) mass is 387 g/mol. The van der Waals surface area contributed by atoms with Gasteiger partial charge >= 0.3 is 18.0 Å². The third-order valence-corrected chi connectivity index (χ3v) is 3.88. The predicted molar refractivity (Wildman–Crippen MR) is 97.0 cm³/mol. The van der Waals surface area contributed by atoms with Gasteiger partial charge in [0, 0.05) is 0 Å². The molecule has 0 unspecified atom stereocenters. The number of amides is 2. The number of hydrogen-bond donors (Lipinski definition) is 2. The molecule has 0 fully saturated rings. The number of nitriles is 1. The number of ether oxygens (including phenoxy) is 3. The number of nitrogens with zero attached hydrogens (tertiary/aromatic N) is 1. The summed E-state index contributed by atoms with van der Waals surface area (Å²) in [5.74, 6) is -1.05. The van der Waals surface area contributed by atoms with Gasteiger partial charge in [-0.2, -0.15) is 5.26 Å². The van der Waals surface area contributed by atoms with Crippen molar-refractivity contribution >= 4 is 18.0 Å². The standard InChI is InChI=1S/C19H21N3O6/c1-3-13-17(18(24)26-4-2)14(22-19(25)21-13)10-28-16(23)11-27-15-8-6-5-7-12(15)9-20/h5-8,13H,3-4,10-11H2,1-2H3,(H2,21,22,25)/t13-/m0/s1. The van der Waals surface area contributed by atoms with Gasteiger partial charge in [-0.3, -0.25) is 0 Å². The summed E-state index contributed by atoms with van der Waals surface area (Å²) in [7, 11) is 0. The van der Waals surface area contributed by atoms with E-state index in [0.717, 1.165) is 0 Å². The van der Waals surface area contributed by atoms with E-state index in [4.69, 9.17) is 19.5 Å². The van der Waals surface area contributed by atoms with Crippen LogP contribution in [0.25, 0.3) is 0 Å². The summed E-state index contributed by atoms with van der Waals surface area (Å²) in [5, 5.41) is 14.1. The normalized spacial score (nSPS) is 15.8. The molecule has 0 radical (unpaired) electrons. The number of esters is 2. The van der Waals surface area contributed by atoms with E-state index in [1.165, 1.54) is 0 Å². The largest absolute Gasteiger partial charge is 0.481 e. The molecule has 0 saturated heterocycles. The van der Waals surface area contributed by atoms with Crippen LogP contribution in [0, 0.1) is 11.3 Å². The zero-order valence-electron chi connectivity index (χ0n) is 15.6. The zero-order chi connectivity index (χ0) is 20.5. The highest BCUT2D eigenvalue weighted by atomic mass is 16.6. The van der Waals surface area contributed by atoms with Crippen LogP contribution in [0.2, 0.25) is 0 Å². The van der Waals surface area contributed by atoms with Gasteiger partial charge in [0.2, 0.25) is 0 Å². The molecule has 2 rings (SSSR count). The molecule has 1 aliphatic heterocycles. The van der Waals surface area contributed by atoms with E-state index in [0.29, 0.717) is 12.0 Å². The molecule has 0 spiro atoms. The Labute approximate surface area is 162 Å². The number of carbonyl (C=O) groups excluding carboxylic acids is 3. The van der Waals surface area contributed by atoms with Crippen molar-refractivity contribution in [3.05, 3.63) is 41.1 Å². The van der Waals surface area contributed by atoms with Gasteiger partial charge in [-0.05, 0) is 25.5 Å². The second-order valence-corrected chi connectivity index (χ2v) is 5.73. The fourth-order valence-electron chi connectivity index (χ4n) is 2.59. The Balaban J connectivity index is 2.04. The third kappa shape index (κ3) is 5.23. The van der Waals surface area contributed by atoms with Gasteiger partial charge in [0.05, 0.1) is 29.5 Å². The highest BCUT2D eigenvalue weighted by Gasteiger charge is 2.32. The zero-order valence-corrected chi connectivity index (χ0v) is 15.6. The smallest absolute Gasteiger partial charge is 0.344 e. The fourth-order valence-corrected chi connectivity index (χ4v) is 2.59. The van der Waals surface area contributed by atoms with Gasteiger partial charge in [0.1, 0.15) is 18.4 Å². The average molecular weight is 387 g/mol. The summed E-state index contributed by atoms with van der Waals surface area (Å²) >= 11 is 0. The van der Waals surface area contributed by atoms with E-state index in [2.05, 4.69) is 10.6 Å². The molecule has 9 nitrogen and oxygen atoms in total. The highest BCUT2D eigenvalue weighted by molar-refractivity contribution is 5.94. The van der Waals surface area contributed by atoms with Gasteiger partial charge < -0.3 is 24.8 Å². The number of nitrogens with one attached hydrogen (secondary N) is 2. The van der Waals surface area contributed by atoms with Crippen LogP contribution in [0.1, 0.15) is 25.8 Å². The van der Waals surface area contributed by atoms with Crippen LogP contribution in [0.15, 0.2) is 35.5 Å². The Morgan fingerprint density at radius 2 is 1.96 bits per heavy atom. The van der Waals surface area contributed by atoms with Gasteiger partial charge in [0.15, 0.2) is 6.61 Å². The summed E-state index contributed by atoms with van der Waals surface area (Å²) in [6, 6.07) is 7.40. The van der Waals surface area contributed by atoms with E-state index >= 15 is 0 Å². The molecular formula is C19H21N3O6. The number of rotatable bonds is 8. The van der Waals surface area contributed by atoms with E-state index < -0.39 is 30.6 Å². The highest BCUT2D eigenvalue weighted by Crippen LogP contribution is 2.18. The summed E-state index contributed by atoms with van der Waals surface area (Å²) in [4.78, 5) is 36.0. The Morgan fingerprint density at radius 3 is 2.64 bits per heavy atom. The molecule has 1 aromatic rings. The van der Waals surface area contributed by atoms with Gasteiger partial charge in [-0.15, -0.1) is 0 Å². The van der Waals surface area contributed by atoms with E-state index in [-0.39, 0.29) is 30.2 Å². The summed E-state index contributed by atoms with van der Waals surface area (Å²) in [5.41, 5.74) is 0.673. The van der Waals surface area contributed by atoms with Gasteiger partial charge in [-0.1, -0.05) is 19.1 Å². The average Bonchev–Trinajstić information content (AvgIpc) is 2.70. The minimum atomic E-state index is -0.718. The second kappa shape index (κ2) is 9.97. The van der Waals surface area contributed by atoms with Crippen LogP contribution in [0.4, 0.5) is 4.79 Å². The molecule has 2 N–H and O–H groups in total. The van der Waals surface area contributed by atoms with Crippen molar-refractivity contribution < 1.29 is 28.6 Å². The molecular weight excluding hydrogens is 366 g/mol. The minimum absolute atomic E-state index is 0.167. The van der Waals surface area contributed by atoms with Crippen molar-refractivity contribution in [2.75, 3.05) is 19.8 Å². The summed E-state index contributed by atoms with van der Waals surface area (Å²) in [6.45, 7) is 2.90. The Hall–Kier alpha value is -3.54. The molecule has 0 bridgehead atoms. The minimum Gasteiger partial charge on any atom is -0.481 e. The maximum absolute atomic E-state index is 12.2. The number of para-hydroxylation sites is 1. The molecule has 148 valence electrons. The lowest BCUT2D eigenvalue weighted by Crippen LogP contribution is -2.51. The number of carbonyl (C=O) groups is 3. The van der Waals surface area contributed by atoms with Crippen molar-refractivity contribution in [3.63, 3.8) is 0 Å². The maximum Gasteiger partial charge on any atom is 0.344 e. The van der Waals surface area contributed by atoms with Crippen molar-refractivity contribution in [1.82, 2.24) is 10.6 Å². The molecule has 1 atom stereocenters. The second-order valence-electron chi connectivity index (χ2n) is 5.73. The molecule has 0 aliphatic carbocycles. The number of hydrogen-bond acceptors (Lipinski definition) is 7. The molecule has 1 aliphatic rings. The van der Waals surface area contributed by atoms with Gasteiger partial charge in [-0.25, -0.2) is 14.4 Å². The maximum atomic E-state index is 12.2. The Bertz CT molecular complexity index is 827. The molecule has 2 amide bonds. The first kappa shape index (κ1) is 20.8. The molecule has 0 saturated carbocycles. The SMILES string of the molecule is CCOC(=O)C1=C(COC(=O)COc2ccccc2C#N)NC(=O)N[C@H]1CC. The van der Waals surface area contributed by atoms with Crippen LogP contribution in [0.3, 0.4) is 0 Å². The summed E-state index contributed by atoms with van der Waals surface area (Å²) in [6.07, 6.45) is 0.465. The lowest BCUT2D eigenvalue weighted by molar-refractivity contribution is -0.145. The fraction of sp³-hybridized carbons (Fsp3) is 0.368. The van der Waals surface area contributed by atoms with E-state index in [1.54, 1.807) is 38.1 Å². The van der Waals surface area contributed by atoms with Crippen LogP contribution in [0.5, 0.6) is 5.75 Å². The topological polar surface area (TPSA) is 127 Å². The molecule has 0 aromatic heterocycles. The first-order valence-corrected chi connectivity index (χ1v) is 8.75. The third-order valence-electron chi connectivity index (χ3n) is 3.88. The molecule has 1 heterocycles. The lowest BCUT2D eigenvalue weighted by atomic mass is 10.0. The van der Waals surface area contributed by atoms with Crippen LogP contribution in [-0.4, -0.2) is 43.8 Å². The molecule has 9 heteroatoms. The van der Waals surface area contributed by atoms with Crippen molar-refractivity contribution in [2.24, 2.45) is 0 Å². The lowest BCUT2D eigenvalue weighted by Gasteiger charge is -2.28. The van der Waals surface area contributed by atoms with Crippen molar-refractivity contribution in [2.45, 2.75) is 26.3 Å².